The quantitative estimate of drug-likeness (QED) is 0.856. The number of aromatic nitrogens is 1. The summed E-state index contributed by atoms with van der Waals surface area (Å²) in [5.74, 6) is -0.140. The lowest BCUT2D eigenvalue weighted by Crippen LogP contribution is -2.34. The van der Waals surface area contributed by atoms with E-state index in [1.807, 2.05) is 12.3 Å². The zero-order valence-electron chi connectivity index (χ0n) is 12.8. The van der Waals surface area contributed by atoms with Crippen LogP contribution in [-0.2, 0) is 16.8 Å². The Morgan fingerprint density at radius 3 is 2.41 bits per heavy atom. The average Bonchev–Trinajstić information content (AvgIpc) is 3.35. The fourth-order valence-electron chi connectivity index (χ4n) is 2.64. The average molecular weight is 292 g/mol. The van der Waals surface area contributed by atoms with Crippen LogP contribution in [0, 0.1) is 0 Å². The molecule has 22 heavy (non-hydrogen) atoms. The Kier molecular flexibility index (Phi) is 3.80. The second-order valence-corrected chi connectivity index (χ2v) is 5.76. The molecule has 0 radical (unpaired) electrons. The minimum Gasteiger partial charge on any atom is -0.341 e. The number of rotatable bonds is 5. The molecule has 1 heterocycles. The highest BCUT2D eigenvalue weighted by Crippen LogP contribution is 2.44. The summed E-state index contributed by atoms with van der Waals surface area (Å²) >= 11 is 0. The molecule has 0 saturated heterocycles. The molecule has 3 heteroatoms. The van der Waals surface area contributed by atoms with E-state index in [-0.39, 0.29) is 11.4 Å². The van der Waals surface area contributed by atoms with E-state index in [2.05, 4.69) is 54.1 Å². The number of nitrogens with zero attached hydrogens (tertiary/aromatic N) is 1. The van der Waals surface area contributed by atoms with Gasteiger partial charge in [0, 0.05) is 11.8 Å². The van der Waals surface area contributed by atoms with Crippen LogP contribution in [0.3, 0.4) is 0 Å². The normalized spacial score (nSPS) is 15.1. The first-order valence-corrected chi connectivity index (χ1v) is 7.67. The van der Waals surface area contributed by atoms with Crippen molar-refractivity contribution in [3.8, 4) is 11.1 Å². The number of carbonyl (C=O) groups is 1. The van der Waals surface area contributed by atoms with Gasteiger partial charge in [0.05, 0.1) is 11.2 Å². The molecule has 1 fully saturated rings. The first-order valence-electron chi connectivity index (χ1n) is 7.67. The van der Waals surface area contributed by atoms with Crippen LogP contribution in [0.25, 0.3) is 11.1 Å². The summed E-state index contributed by atoms with van der Waals surface area (Å²) < 4.78 is 0. The van der Waals surface area contributed by atoms with Gasteiger partial charge >= 0.3 is 0 Å². The number of amides is 1. The summed E-state index contributed by atoms with van der Waals surface area (Å²) in [6, 6.07) is 12.6. The maximum Gasteiger partial charge on any atom is 0.244 e. The Bertz CT molecular complexity index is 682. The van der Waals surface area contributed by atoms with Crippen LogP contribution < -0.4 is 5.32 Å². The van der Waals surface area contributed by atoms with Crippen molar-refractivity contribution in [1.82, 2.24) is 10.3 Å². The second kappa shape index (κ2) is 5.76. The fourth-order valence-corrected chi connectivity index (χ4v) is 2.64. The molecule has 0 spiro atoms. The van der Waals surface area contributed by atoms with Crippen molar-refractivity contribution in [3.63, 3.8) is 0 Å². The van der Waals surface area contributed by atoms with Crippen LogP contribution >= 0.6 is 0 Å². The molecular weight excluding hydrogens is 272 g/mol. The van der Waals surface area contributed by atoms with Crippen molar-refractivity contribution in [2.75, 3.05) is 0 Å². The number of aryl methyl sites for hydroxylation is 1. The van der Waals surface area contributed by atoms with Gasteiger partial charge in [-0.2, -0.15) is 0 Å². The molecule has 3 nitrogen and oxygen atoms in total. The molecule has 0 atom stereocenters. The zero-order valence-corrected chi connectivity index (χ0v) is 12.8. The molecule has 1 amide bonds. The number of pyridine rings is 1. The minimum atomic E-state index is -0.282. The predicted octanol–water partition coefficient (Wildman–Crippen LogP) is 3.60. The molecule has 1 aliphatic rings. The number of benzene rings is 1. The van der Waals surface area contributed by atoms with Gasteiger partial charge < -0.3 is 5.32 Å². The van der Waals surface area contributed by atoms with E-state index < -0.39 is 0 Å². The van der Waals surface area contributed by atoms with E-state index in [1.54, 1.807) is 0 Å². The van der Waals surface area contributed by atoms with Gasteiger partial charge in [0.2, 0.25) is 5.91 Å². The lowest BCUT2D eigenvalue weighted by Gasteiger charge is -2.16. The van der Waals surface area contributed by atoms with E-state index in [4.69, 9.17) is 0 Å². The third kappa shape index (κ3) is 2.80. The SMILES string of the molecule is C=CC(=O)NC1(c2ccc(-c3ccc(CC)cc3)cn2)CC1. The molecule has 0 bridgehead atoms. The number of hydrogen-bond acceptors (Lipinski definition) is 2. The van der Waals surface area contributed by atoms with Crippen LogP contribution in [0.2, 0.25) is 0 Å². The van der Waals surface area contributed by atoms with E-state index in [0.717, 1.165) is 36.1 Å². The molecule has 1 N–H and O–H groups in total. The molecule has 1 aromatic heterocycles. The lowest BCUT2D eigenvalue weighted by atomic mass is 10.0. The monoisotopic (exact) mass is 292 g/mol. The van der Waals surface area contributed by atoms with Crippen LogP contribution in [0.1, 0.15) is 31.0 Å². The van der Waals surface area contributed by atoms with Crippen molar-refractivity contribution in [3.05, 3.63) is 66.5 Å². The summed E-state index contributed by atoms with van der Waals surface area (Å²) in [4.78, 5) is 16.1. The Balaban J connectivity index is 1.80. The fraction of sp³-hybridized carbons (Fsp3) is 0.263. The van der Waals surface area contributed by atoms with Crippen molar-refractivity contribution < 1.29 is 4.79 Å². The summed E-state index contributed by atoms with van der Waals surface area (Å²) in [6.45, 7) is 5.65. The van der Waals surface area contributed by atoms with E-state index in [9.17, 15) is 4.79 Å². The molecule has 0 aliphatic heterocycles. The second-order valence-electron chi connectivity index (χ2n) is 5.76. The lowest BCUT2D eigenvalue weighted by molar-refractivity contribution is -0.117. The minimum absolute atomic E-state index is 0.140. The van der Waals surface area contributed by atoms with Gasteiger partial charge in [-0.25, -0.2) is 0 Å². The Labute approximate surface area is 131 Å². The topological polar surface area (TPSA) is 42.0 Å². The van der Waals surface area contributed by atoms with Crippen molar-refractivity contribution in [1.29, 1.82) is 0 Å². The van der Waals surface area contributed by atoms with Gasteiger partial charge in [-0.05, 0) is 42.5 Å². The van der Waals surface area contributed by atoms with Gasteiger partial charge in [-0.15, -0.1) is 0 Å². The maximum absolute atomic E-state index is 11.5. The van der Waals surface area contributed by atoms with Crippen molar-refractivity contribution >= 4 is 5.91 Å². The summed E-state index contributed by atoms with van der Waals surface area (Å²) in [5.41, 5.74) is 4.23. The third-order valence-corrected chi connectivity index (χ3v) is 4.25. The van der Waals surface area contributed by atoms with Crippen LogP contribution in [-0.4, -0.2) is 10.9 Å². The van der Waals surface area contributed by atoms with E-state index in [1.165, 1.54) is 11.6 Å². The summed E-state index contributed by atoms with van der Waals surface area (Å²) in [5, 5.41) is 2.99. The molecular formula is C19H20N2O. The van der Waals surface area contributed by atoms with Gasteiger partial charge in [0.1, 0.15) is 0 Å². The van der Waals surface area contributed by atoms with Crippen LogP contribution in [0.15, 0.2) is 55.3 Å². The molecule has 3 rings (SSSR count). The Hall–Kier alpha value is -2.42. The van der Waals surface area contributed by atoms with Gasteiger partial charge in [-0.3, -0.25) is 9.78 Å². The third-order valence-electron chi connectivity index (χ3n) is 4.25. The molecule has 1 aromatic carbocycles. The van der Waals surface area contributed by atoms with Crippen molar-refractivity contribution in [2.45, 2.75) is 31.7 Å². The van der Waals surface area contributed by atoms with E-state index in [0.29, 0.717) is 0 Å². The molecule has 112 valence electrons. The highest BCUT2D eigenvalue weighted by Gasteiger charge is 2.46. The molecule has 2 aromatic rings. The Morgan fingerprint density at radius 2 is 1.91 bits per heavy atom. The van der Waals surface area contributed by atoms with Crippen LogP contribution in [0.5, 0.6) is 0 Å². The number of carbonyl (C=O) groups excluding carboxylic acids is 1. The largest absolute Gasteiger partial charge is 0.341 e. The smallest absolute Gasteiger partial charge is 0.244 e. The van der Waals surface area contributed by atoms with E-state index >= 15 is 0 Å². The van der Waals surface area contributed by atoms with Gasteiger partial charge in [-0.1, -0.05) is 43.8 Å². The number of hydrogen-bond donors (Lipinski definition) is 1. The first kappa shape index (κ1) is 14.5. The molecule has 1 saturated carbocycles. The van der Waals surface area contributed by atoms with Gasteiger partial charge in [0.15, 0.2) is 0 Å². The standard InChI is InChI=1S/C19H20N2O/c1-3-14-5-7-15(8-6-14)16-9-10-17(20-13-16)19(11-12-19)21-18(22)4-2/h4-10,13H,2-3,11-12H2,1H3,(H,21,22). The number of nitrogens with one attached hydrogen (secondary N) is 1. The molecule has 0 unspecified atom stereocenters. The summed E-state index contributed by atoms with van der Waals surface area (Å²) in [7, 11) is 0. The van der Waals surface area contributed by atoms with Crippen LogP contribution in [0.4, 0.5) is 0 Å². The first-order chi connectivity index (χ1) is 10.7. The maximum atomic E-state index is 11.5. The van der Waals surface area contributed by atoms with Gasteiger partial charge in [0.25, 0.3) is 0 Å². The predicted molar refractivity (Wildman–Crippen MR) is 88.3 cm³/mol. The Morgan fingerprint density at radius 1 is 1.23 bits per heavy atom. The van der Waals surface area contributed by atoms with Crippen molar-refractivity contribution in [2.24, 2.45) is 0 Å². The zero-order chi connectivity index (χ0) is 15.6. The summed E-state index contributed by atoms with van der Waals surface area (Å²) in [6.07, 6.45) is 6.11. The molecule has 1 aliphatic carbocycles. The highest BCUT2D eigenvalue weighted by molar-refractivity contribution is 5.88. The highest BCUT2D eigenvalue weighted by atomic mass is 16.1.